The molecule has 23 heavy (non-hydrogen) atoms. The normalized spacial score (nSPS) is 20.7. The highest BCUT2D eigenvalue weighted by Gasteiger charge is 2.45. The van der Waals surface area contributed by atoms with Crippen LogP contribution >= 0.6 is 0 Å². The Morgan fingerprint density at radius 1 is 1.04 bits per heavy atom. The molecule has 1 N–H and O–H groups in total. The number of amides is 1. The summed E-state index contributed by atoms with van der Waals surface area (Å²) in [6.07, 6.45) is 0. The van der Waals surface area contributed by atoms with Crippen molar-refractivity contribution in [2.75, 3.05) is 19.8 Å². The molecule has 1 amide bonds. The summed E-state index contributed by atoms with van der Waals surface area (Å²) in [7, 11) is 0. The first kappa shape index (κ1) is 18.9. The number of hydrogen-bond acceptors (Lipinski definition) is 6. The zero-order chi connectivity index (χ0) is 17.6. The molecule has 1 rings (SSSR count). The van der Waals surface area contributed by atoms with Gasteiger partial charge in [0.25, 0.3) is 0 Å². The van der Waals surface area contributed by atoms with E-state index in [0.717, 1.165) is 0 Å². The van der Waals surface area contributed by atoms with Crippen LogP contribution in [0.1, 0.15) is 34.6 Å². The number of nitrogens with one attached hydrogen (secondary N) is 1. The minimum absolute atomic E-state index is 0.112. The Balaban J connectivity index is 3.37. The fourth-order valence-electron chi connectivity index (χ4n) is 2.62. The lowest BCUT2D eigenvalue weighted by molar-refractivity contribution is -0.150. The maximum Gasteiger partial charge on any atom is 0.336 e. The number of esters is 2. The molecule has 1 aliphatic heterocycles. The molecule has 1 heterocycles. The lowest BCUT2D eigenvalue weighted by Crippen LogP contribution is -2.46. The van der Waals surface area contributed by atoms with Gasteiger partial charge in [0.1, 0.15) is 5.92 Å². The highest BCUT2D eigenvalue weighted by Crippen LogP contribution is 2.32. The Hall–Kier alpha value is -2.18. The SMILES string of the molecule is CCNC(=O)C1C(C(=O)OCC)=C(C)N=C(C)C1C(=O)OCC. The van der Waals surface area contributed by atoms with Crippen LogP contribution in [0.5, 0.6) is 0 Å². The van der Waals surface area contributed by atoms with E-state index in [1.807, 2.05) is 0 Å². The average molecular weight is 324 g/mol. The number of allylic oxidation sites excluding steroid dienone is 1. The number of hydrogen-bond donors (Lipinski definition) is 1. The minimum Gasteiger partial charge on any atom is -0.465 e. The summed E-state index contributed by atoms with van der Waals surface area (Å²) in [6.45, 7) is 9.14. The third kappa shape index (κ3) is 4.18. The number of nitrogens with zero attached hydrogens (tertiary/aromatic N) is 1. The van der Waals surface area contributed by atoms with Crippen LogP contribution in [0.4, 0.5) is 0 Å². The van der Waals surface area contributed by atoms with Gasteiger partial charge in [0, 0.05) is 18.0 Å². The predicted octanol–water partition coefficient (Wildman–Crippen LogP) is 1.23. The van der Waals surface area contributed by atoms with Crippen molar-refractivity contribution < 1.29 is 23.9 Å². The van der Waals surface area contributed by atoms with Crippen LogP contribution in [0, 0.1) is 11.8 Å². The second-order valence-corrected chi connectivity index (χ2v) is 5.07. The van der Waals surface area contributed by atoms with E-state index < -0.39 is 29.7 Å². The smallest absolute Gasteiger partial charge is 0.336 e. The van der Waals surface area contributed by atoms with Crippen LogP contribution in [-0.4, -0.2) is 43.3 Å². The van der Waals surface area contributed by atoms with Gasteiger partial charge >= 0.3 is 11.9 Å². The molecule has 0 aromatic heterocycles. The monoisotopic (exact) mass is 324 g/mol. The van der Waals surface area contributed by atoms with Gasteiger partial charge in [-0.1, -0.05) is 0 Å². The first-order valence-electron chi connectivity index (χ1n) is 7.76. The van der Waals surface area contributed by atoms with Gasteiger partial charge in [-0.15, -0.1) is 0 Å². The molecule has 128 valence electrons. The molecule has 2 unspecified atom stereocenters. The van der Waals surface area contributed by atoms with Crippen LogP contribution in [-0.2, 0) is 23.9 Å². The van der Waals surface area contributed by atoms with E-state index in [0.29, 0.717) is 18.0 Å². The second kappa shape index (κ2) is 8.45. The third-order valence-corrected chi connectivity index (χ3v) is 3.50. The first-order chi connectivity index (χ1) is 10.9. The van der Waals surface area contributed by atoms with Crippen LogP contribution in [0.2, 0.25) is 0 Å². The summed E-state index contributed by atoms with van der Waals surface area (Å²) >= 11 is 0. The van der Waals surface area contributed by atoms with Gasteiger partial charge in [-0.25, -0.2) is 4.79 Å². The Morgan fingerprint density at radius 2 is 1.65 bits per heavy atom. The van der Waals surface area contributed by atoms with Gasteiger partial charge in [0.2, 0.25) is 5.91 Å². The summed E-state index contributed by atoms with van der Waals surface area (Å²) in [5, 5.41) is 2.67. The zero-order valence-electron chi connectivity index (χ0n) is 14.3. The summed E-state index contributed by atoms with van der Waals surface area (Å²) < 4.78 is 10.1. The topological polar surface area (TPSA) is 94.1 Å². The zero-order valence-corrected chi connectivity index (χ0v) is 14.3. The Bertz CT molecular complexity index is 551. The third-order valence-electron chi connectivity index (χ3n) is 3.50. The molecule has 0 spiro atoms. The van der Waals surface area contributed by atoms with Gasteiger partial charge in [0.05, 0.1) is 24.7 Å². The Kier molecular flexibility index (Phi) is 6.93. The Labute approximate surface area is 136 Å². The van der Waals surface area contributed by atoms with Gasteiger partial charge < -0.3 is 14.8 Å². The van der Waals surface area contributed by atoms with E-state index in [1.54, 1.807) is 34.6 Å². The van der Waals surface area contributed by atoms with Gasteiger partial charge in [-0.2, -0.15) is 0 Å². The van der Waals surface area contributed by atoms with E-state index >= 15 is 0 Å². The first-order valence-corrected chi connectivity index (χ1v) is 7.76. The lowest BCUT2D eigenvalue weighted by Gasteiger charge is -2.30. The molecule has 0 bridgehead atoms. The van der Waals surface area contributed by atoms with Crippen LogP contribution in [0.15, 0.2) is 16.3 Å². The van der Waals surface area contributed by atoms with Crippen LogP contribution < -0.4 is 5.32 Å². The van der Waals surface area contributed by atoms with Crippen molar-refractivity contribution in [3.05, 3.63) is 11.3 Å². The number of aliphatic imine (C=N–C) groups is 1. The van der Waals surface area contributed by atoms with Gasteiger partial charge in [0.15, 0.2) is 0 Å². The van der Waals surface area contributed by atoms with E-state index in [-0.39, 0.29) is 18.8 Å². The molecule has 0 aromatic carbocycles. The van der Waals surface area contributed by atoms with Crippen molar-refractivity contribution in [1.82, 2.24) is 5.32 Å². The number of carbonyl (C=O) groups is 3. The van der Waals surface area contributed by atoms with Crippen LogP contribution in [0.25, 0.3) is 0 Å². The molecule has 0 saturated carbocycles. The molecule has 0 aromatic rings. The van der Waals surface area contributed by atoms with Crippen molar-refractivity contribution >= 4 is 23.6 Å². The molecule has 0 radical (unpaired) electrons. The molecule has 0 aliphatic carbocycles. The highest BCUT2D eigenvalue weighted by molar-refractivity contribution is 6.11. The number of carbonyl (C=O) groups excluding carboxylic acids is 3. The standard InChI is InChI=1S/C16H24N2O5/c1-6-17-14(19)13-11(15(20)22-7-2)9(4)18-10(5)12(13)16(21)23-8-3/h11,13H,6-8H2,1-5H3,(H,17,19). The van der Waals surface area contributed by atoms with Crippen molar-refractivity contribution in [2.24, 2.45) is 16.8 Å². The fraction of sp³-hybridized carbons (Fsp3) is 0.625. The predicted molar refractivity (Wildman–Crippen MR) is 84.7 cm³/mol. The summed E-state index contributed by atoms with van der Waals surface area (Å²) in [5.74, 6) is -3.54. The molecule has 2 atom stereocenters. The Morgan fingerprint density at radius 3 is 2.17 bits per heavy atom. The van der Waals surface area contributed by atoms with Gasteiger partial charge in [-0.05, 0) is 34.6 Å². The van der Waals surface area contributed by atoms with Crippen molar-refractivity contribution in [3.63, 3.8) is 0 Å². The molecular formula is C16H24N2O5. The average Bonchev–Trinajstić information content (AvgIpc) is 2.46. The lowest BCUT2D eigenvalue weighted by atomic mass is 9.79. The summed E-state index contributed by atoms with van der Waals surface area (Å²) in [4.78, 5) is 41.4. The quantitative estimate of drug-likeness (QED) is 0.742. The molecule has 1 aliphatic rings. The summed E-state index contributed by atoms with van der Waals surface area (Å²) in [6, 6.07) is 0. The largest absolute Gasteiger partial charge is 0.465 e. The van der Waals surface area contributed by atoms with E-state index in [9.17, 15) is 14.4 Å². The highest BCUT2D eigenvalue weighted by atomic mass is 16.5. The number of rotatable bonds is 6. The molecule has 0 saturated heterocycles. The fourth-order valence-corrected chi connectivity index (χ4v) is 2.62. The molecular weight excluding hydrogens is 300 g/mol. The van der Waals surface area contributed by atoms with Crippen molar-refractivity contribution in [3.8, 4) is 0 Å². The minimum atomic E-state index is -0.995. The molecule has 0 fully saturated rings. The van der Waals surface area contributed by atoms with E-state index in [2.05, 4.69) is 10.3 Å². The van der Waals surface area contributed by atoms with E-state index in [1.165, 1.54) is 0 Å². The maximum atomic E-state index is 12.5. The summed E-state index contributed by atoms with van der Waals surface area (Å²) in [5.41, 5.74) is 0.949. The maximum absolute atomic E-state index is 12.5. The van der Waals surface area contributed by atoms with Crippen molar-refractivity contribution in [2.45, 2.75) is 34.6 Å². The molecule has 7 nitrogen and oxygen atoms in total. The second-order valence-electron chi connectivity index (χ2n) is 5.07. The van der Waals surface area contributed by atoms with Gasteiger partial charge in [-0.3, -0.25) is 14.6 Å². The molecule has 7 heteroatoms. The van der Waals surface area contributed by atoms with E-state index in [4.69, 9.17) is 9.47 Å². The van der Waals surface area contributed by atoms with Crippen LogP contribution in [0.3, 0.4) is 0 Å². The number of ether oxygens (including phenoxy) is 2. The van der Waals surface area contributed by atoms with Crippen molar-refractivity contribution in [1.29, 1.82) is 0 Å².